The molecular weight excluding hydrogens is 1140 g/mol. The van der Waals surface area contributed by atoms with Gasteiger partial charge in [0.2, 0.25) is 11.8 Å². The van der Waals surface area contributed by atoms with Gasteiger partial charge in [-0.3, -0.25) is 9.59 Å². The van der Waals surface area contributed by atoms with Crippen LogP contribution in [-0.2, 0) is 71.2 Å². The summed E-state index contributed by atoms with van der Waals surface area (Å²) in [5.41, 5.74) is 0. The smallest absolute Gasteiger partial charge is 0.217 e. The molecular formula is C46H78N2O35. The molecule has 0 radical (unpaired) electrons. The van der Waals surface area contributed by atoms with Crippen molar-refractivity contribution in [3.05, 3.63) is 0 Å². The first-order valence-corrected chi connectivity index (χ1v) is 26.5. The fraction of sp³-hybridized carbons (Fsp3) is 0.957. The molecule has 22 N–H and O–H groups in total. The van der Waals surface area contributed by atoms with Gasteiger partial charge < -0.3 is 174 Å². The first kappa shape index (κ1) is 68.1. The zero-order valence-corrected chi connectivity index (χ0v) is 44.5. The Morgan fingerprint density at radius 1 is 0.337 bits per heavy atom. The van der Waals surface area contributed by atoms with Crippen LogP contribution in [0.4, 0.5) is 0 Å². The average Bonchev–Trinajstić information content (AvgIpc) is 3.65. The van der Waals surface area contributed by atoms with Gasteiger partial charge in [0.1, 0.15) is 165 Å². The molecule has 0 bridgehead atoms. The molecule has 7 aliphatic rings. The molecule has 7 saturated heterocycles. The second-order valence-electron chi connectivity index (χ2n) is 21.1. The number of carbonyl (C=O) groups excluding carboxylic acids is 2. The molecule has 37 heteroatoms. The van der Waals surface area contributed by atoms with Crippen LogP contribution < -0.4 is 10.6 Å². The Balaban J connectivity index is 1.16. The minimum absolute atomic E-state index is 0.783. The molecule has 7 aliphatic heterocycles. The molecule has 7 rings (SSSR count). The Labute approximate surface area is 470 Å². The van der Waals surface area contributed by atoms with Gasteiger partial charge in [-0.2, -0.15) is 0 Å². The highest BCUT2D eigenvalue weighted by atomic mass is 16.8. The van der Waals surface area contributed by atoms with Crippen molar-refractivity contribution in [2.45, 2.75) is 236 Å². The van der Waals surface area contributed by atoms with Gasteiger partial charge in [-0.15, -0.1) is 0 Å². The molecule has 2 amide bonds. The van der Waals surface area contributed by atoms with Gasteiger partial charge >= 0.3 is 0 Å². The quantitative estimate of drug-likeness (QED) is 0.0538. The predicted octanol–water partition coefficient (Wildman–Crippen LogP) is -15.0. The molecule has 482 valence electrons. The minimum Gasteiger partial charge on any atom is -0.394 e. The van der Waals surface area contributed by atoms with E-state index in [-0.39, 0.29) is 0 Å². The van der Waals surface area contributed by atoms with E-state index in [1.54, 1.807) is 0 Å². The summed E-state index contributed by atoms with van der Waals surface area (Å²) >= 11 is 0. The number of hydrogen-bond donors (Lipinski definition) is 22. The zero-order valence-electron chi connectivity index (χ0n) is 44.5. The fourth-order valence-electron chi connectivity index (χ4n) is 10.6. The van der Waals surface area contributed by atoms with Gasteiger partial charge in [0.25, 0.3) is 0 Å². The van der Waals surface area contributed by atoms with Crippen molar-refractivity contribution in [3.63, 3.8) is 0 Å². The van der Waals surface area contributed by atoms with Gasteiger partial charge in [-0.25, -0.2) is 0 Å². The van der Waals surface area contributed by atoms with Crippen molar-refractivity contribution in [2.75, 3.05) is 39.6 Å². The summed E-state index contributed by atoms with van der Waals surface area (Å²) in [5, 5.41) is 221. The van der Waals surface area contributed by atoms with Gasteiger partial charge in [0.15, 0.2) is 44.0 Å². The van der Waals surface area contributed by atoms with Crippen molar-refractivity contribution in [1.29, 1.82) is 0 Å². The highest BCUT2D eigenvalue weighted by Crippen LogP contribution is 2.38. The Hall–Kier alpha value is -2.38. The first-order chi connectivity index (χ1) is 39.2. The van der Waals surface area contributed by atoms with Crippen molar-refractivity contribution in [1.82, 2.24) is 10.6 Å². The second-order valence-corrected chi connectivity index (χ2v) is 21.1. The molecule has 0 aliphatic carbocycles. The van der Waals surface area contributed by atoms with E-state index in [0.29, 0.717) is 0 Å². The van der Waals surface area contributed by atoms with Crippen LogP contribution >= 0.6 is 0 Å². The Morgan fingerprint density at radius 2 is 0.711 bits per heavy atom. The molecule has 0 aromatic heterocycles. The number of hydrogen-bond acceptors (Lipinski definition) is 35. The topological polar surface area (TPSA) is 583 Å². The molecule has 0 unspecified atom stereocenters. The summed E-state index contributed by atoms with van der Waals surface area (Å²) in [4.78, 5) is 25.1. The van der Waals surface area contributed by atoms with Gasteiger partial charge in [-0.1, -0.05) is 0 Å². The molecule has 7 fully saturated rings. The van der Waals surface area contributed by atoms with Crippen molar-refractivity contribution in [3.8, 4) is 0 Å². The maximum Gasteiger partial charge on any atom is 0.217 e. The van der Waals surface area contributed by atoms with Gasteiger partial charge in [0, 0.05) is 13.8 Å². The van der Waals surface area contributed by atoms with Gasteiger partial charge in [-0.05, 0) is 6.92 Å². The van der Waals surface area contributed by atoms with E-state index >= 15 is 0 Å². The Bertz CT molecular complexity index is 2040. The Morgan fingerprint density at radius 3 is 1.24 bits per heavy atom. The lowest BCUT2D eigenvalue weighted by atomic mass is 9.93. The molecule has 7 heterocycles. The first-order valence-electron chi connectivity index (χ1n) is 26.5. The number of nitrogens with one attached hydrogen (secondary N) is 2. The standard InChI is InChI=1S/C46H78N2O35/c1-10-21(56)26(61)31(66)43(72-10)83-39-34(69)36(17(8-53)77-46(39)82-38-20(48-12(3)55)40(70)73-15(6-51)24(38)59)79-41-19(47-11(2)54)25(60)35(16(7-52)76-41)80-45-33(68)29(64)37(81-44-32(67)28(63)23(58)14(5-50)75-44)18(78-45)9-71-42-30(65)27(62)22(57)13(4-49)74-42/h10,13-46,49-53,56-70H,4-9H2,1-3H3,(H,47,54)(H,48,55)/t10-,13+,14+,15+,16+,17+,18+,19+,20+,21+,22+,23+,24-,25+,26+,27-,28-,29+,30-,31-,32-,33+,34-,35+,36-,37+,38+,39+,40-,41-,42-,43-,44+,45-,46-/m0/s1. The van der Waals surface area contributed by atoms with Crippen LogP contribution in [0, 0.1) is 0 Å². The molecule has 0 aromatic carbocycles. The highest BCUT2D eigenvalue weighted by molar-refractivity contribution is 5.73. The van der Waals surface area contributed by atoms with E-state index in [2.05, 4.69) is 10.6 Å². The maximum atomic E-state index is 12.9. The van der Waals surface area contributed by atoms with Crippen LogP contribution in [0.3, 0.4) is 0 Å². The van der Waals surface area contributed by atoms with E-state index in [4.69, 9.17) is 61.6 Å². The monoisotopic (exact) mass is 1220 g/mol. The van der Waals surface area contributed by atoms with E-state index in [9.17, 15) is 112 Å². The number of carbonyl (C=O) groups is 2. The summed E-state index contributed by atoms with van der Waals surface area (Å²) in [6.45, 7) is -2.61. The number of aliphatic hydroxyl groups excluding tert-OH is 20. The summed E-state index contributed by atoms with van der Waals surface area (Å²) in [7, 11) is 0. The van der Waals surface area contributed by atoms with Crippen LogP contribution in [-0.4, -0.2) is 368 Å². The molecule has 0 saturated carbocycles. The lowest BCUT2D eigenvalue weighted by Gasteiger charge is -2.51. The third-order valence-corrected chi connectivity index (χ3v) is 15.3. The molecule has 0 aromatic rings. The zero-order chi connectivity index (χ0) is 61.2. The highest BCUT2D eigenvalue weighted by Gasteiger charge is 2.59. The van der Waals surface area contributed by atoms with Gasteiger partial charge in [0.05, 0.1) is 45.7 Å². The molecule has 83 heavy (non-hydrogen) atoms. The fourth-order valence-corrected chi connectivity index (χ4v) is 10.6. The summed E-state index contributed by atoms with van der Waals surface area (Å²) in [6.07, 6.45) is -63.7. The van der Waals surface area contributed by atoms with Crippen LogP contribution in [0.2, 0.25) is 0 Å². The third-order valence-electron chi connectivity index (χ3n) is 15.3. The molecule has 37 nitrogen and oxygen atoms in total. The predicted molar refractivity (Wildman–Crippen MR) is 254 cm³/mol. The van der Waals surface area contributed by atoms with Crippen molar-refractivity contribution >= 4 is 11.8 Å². The van der Waals surface area contributed by atoms with Crippen molar-refractivity contribution in [2.24, 2.45) is 0 Å². The molecule has 0 spiro atoms. The number of rotatable bonds is 20. The van der Waals surface area contributed by atoms with Crippen LogP contribution in [0.5, 0.6) is 0 Å². The lowest BCUT2D eigenvalue weighted by Crippen LogP contribution is -2.71. The minimum atomic E-state index is -2.30. The number of aliphatic hydroxyl groups is 20. The Kier molecular flexibility index (Phi) is 24.0. The summed E-state index contributed by atoms with van der Waals surface area (Å²) < 4.78 is 75.3. The normalized spacial score (nSPS) is 50.8. The van der Waals surface area contributed by atoms with Crippen molar-refractivity contribution < 1.29 is 173 Å². The maximum absolute atomic E-state index is 12.9. The van der Waals surface area contributed by atoms with E-state index < -0.39 is 266 Å². The number of ether oxygens (including phenoxy) is 13. The van der Waals surface area contributed by atoms with E-state index in [0.717, 1.165) is 13.8 Å². The second kappa shape index (κ2) is 29.3. The SMILES string of the molecule is CC(=O)N[C@@H]1[C@@H](O[C@@H]2O[C@H](CO)[C@H](O[C@@H]3O[C@H](CO)[C@@H](O[C@@H]4O[C@H](CO[C@H]5O[C@H](CO)[C@@H](O)[C@H](O)[C@@H]5O)[C@@H](O[C@H]5O[C@H](CO)[C@@H](O)[C@H](O)[C@@H]5O)[C@H](O)[C@H]4O)[C@H](O)[C@H]3NC(C)=O)[C@H](O)[C@H]2O[C@@H]2O[C@@H](C)[C@@H](O)[C@@H](O)[C@@H]2O)[C@@H](O)[C@@H](CO)O[C@@H]1O. The third kappa shape index (κ3) is 14.7. The van der Waals surface area contributed by atoms with E-state index in [1.165, 1.54) is 6.92 Å². The van der Waals surface area contributed by atoms with Crippen LogP contribution in [0.1, 0.15) is 20.8 Å². The summed E-state index contributed by atoms with van der Waals surface area (Å²) in [5.74, 6) is -1.69. The summed E-state index contributed by atoms with van der Waals surface area (Å²) in [6, 6.07) is -3.53. The largest absolute Gasteiger partial charge is 0.394 e. The number of amides is 2. The average molecular weight is 1220 g/mol. The van der Waals surface area contributed by atoms with Crippen LogP contribution in [0.25, 0.3) is 0 Å². The van der Waals surface area contributed by atoms with Crippen LogP contribution in [0.15, 0.2) is 0 Å². The molecule has 35 atom stereocenters. The van der Waals surface area contributed by atoms with E-state index in [1.807, 2.05) is 0 Å². The lowest BCUT2D eigenvalue weighted by molar-refractivity contribution is -0.398.